The maximum Gasteiger partial charge on any atom is 0.306 e. The van der Waals surface area contributed by atoms with Crippen molar-refractivity contribution >= 4 is 5.97 Å². The lowest BCUT2D eigenvalue weighted by atomic mass is 9.44. The summed E-state index contributed by atoms with van der Waals surface area (Å²) in [7, 11) is 0. The highest BCUT2D eigenvalue weighted by atomic mass is 16.5. The molecule has 0 N–H and O–H groups in total. The fourth-order valence-corrected chi connectivity index (χ4v) is 8.90. The van der Waals surface area contributed by atoms with Gasteiger partial charge in [0.2, 0.25) is 0 Å². The molecule has 4 saturated carbocycles. The molecule has 1 heterocycles. The number of carbonyl (C=O) groups is 1. The molecule has 5 fully saturated rings. The summed E-state index contributed by atoms with van der Waals surface area (Å²) in [5, 5.41) is 0. The molecule has 5 aliphatic rings. The normalized spacial score (nSPS) is 55.2. The lowest BCUT2D eigenvalue weighted by Gasteiger charge is -2.60. The number of cyclic esters (lactones) is 1. The molecule has 2 heteroatoms. The van der Waals surface area contributed by atoms with Gasteiger partial charge in [0.05, 0.1) is 13.0 Å². The molecule has 0 radical (unpaired) electrons. The first-order valence-electron chi connectivity index (χ1n) is 11.2. The van der Waals surface area contributed by atoms with Crippen molar-refractivity contribution in [2.45, 2.75) is 84.5 Å². The Morgan fingerprint density at radius 3 is 2.44 bits per heavy atom. The largest absolute Gasteiger partial charge is 0.465 e. The summed E-state index contributed by atoms with van der Waals surface area (Å²) in [6, 6.07) is 0. The molecule has 1 saturated heterocycles. The van der Waals surface area contributed by atoms with E-state index in [2.05, 4.69) is 13.8 Å². The molecule has 140 valence electrons. The SMILES string of the molecule is C[C@]12CC[C@H]3[C@@H](CCC4CCCC[C@@]43C)[C@H]1CC[C@@H]2[C@H]1COC(=O)C1. The second kappa shape index (κ2) is 5.73. The van der Waals surface area contributed by atoms with E-state index >= 15 is 0 Å². The van der Waals surface area contributed by atoms with Crippen LogP contribution in [0.5, 0.6) is 0 Å². The number of rotatable bonds is 1. The maximum atomic E-state index is 11.7. The van der Waals surface area contributed by atoms with E-state index in [-0.39, 0.29) is 5.97 Å². The molecule has 1 unspecified atom stereocenters. The van der Waals surface area contributed by atoms with Gasteiger partial charge in [-0.05, 0) is 91.8 Å². The third-order valence-corrected chi connectivity index (χ3v) is 10.1. The molecule has 0 aromatic rings. The van der Waals surface area contributed by atoms with Gasteiger partial charge in [0.15, 0.2) is 0 Å². The summed E-state index contributed by atoms with van der Waals surface area (Å²) >= 11 is 0. The van der Waals surface area contributed by atoms with Gasteiger partial charge in [-0.1, -0.05) is 26.7 Å². The predicted molar refractivity (Wildman–Crippen MR) is 98.9 cm³/mol. The number of esters is 1. The van der Waals surface area contributed by atoms with Crippen molar-refractivity contribution < 1.29 is 9.53 Å². The molecule has 0 bridgehead atoms. The van der Waals surface area contributed by atoms with Crippen LogP contribution in [0.4, 0.5) is 0 Å². The van der Waals surface area contributed by atoms with E-state index in [1.807, 2.05) is 0 Å². The average Bonchev–Trinajstić information content (AvgIpc) is 3.16. The highest BCUT2D eigenvalue weighted by Crippen LogP contribution is 2.68. The second-order valence-electron chi connectivity index (χ2n) is 10.8. The predicted octanol–water partition coefficient (Wildman–Crippen LogP) is 5.60. The first-order valence-corrected chi connectivity index (χ1v) is 11.2. The van der Waals surface area contributed by atoms with Crippen molar-refractivity contribution in [2.75, 3.05) is 6.61 Å². The van der Waals surface area contributed by atoms with Gasteiger partial charge < -0.3 is 4.74 Å². The Labute approximate surface area is 153 Å². The molecule has 25 heavy (non-hydrogen) atoms. The molecule has 0 spiro atoms. The summed E-state index contributed by atoms with van der Waals surface area (Å²) < 4.78 is 5.36. The smallest absolute Gasteiger partial charge is 0.306 e. The fourth-order valence-electron chi connectivity index (χ4n) is 8.90. The molecule has 0 aromatic carbocycles. The highest BCUT2D eigenvalue weighted by Gasteiger charge is 2.60. The van der Waals surface area contributed by atoms with Gasteiger partial charge in [-0.3, -0.25) is 4.79 Å². The minimum Gasteiger partial charge on any atom is -0.465 e. The molecule has 0 aromatic heterocycles. The first kappa shape index (κ1) is 16.6. The molecule has 0 amide bonds. The monoisotopic (exact) mass is 344 g/mol. The molecular formula is C23H36O2. The van der Waals surface area contributed by atoms with Crippen LogP contribution in [0.25, 0.3) is 0 Å². The summed E-state index contributed by atoms with van der Waals surface area (Å²) in [4.78, 5) is 11.7. The van der Waals surface area contributed by atoms with Gasteiger partial charge in [-0.15, -0.1) is 0 Å². The standard InChI is InChI=1S/C23H36O2/c1-22-11-4-3-5-16(22)6-7-17-19-9-8-18(15-13-21(24)25-14-15)23(19,2)12-10-20(17)22/h15-20H,3-14H2,1-2H3/t15-,16?,17+,18-,19-,20+,22+,23-/m1/s1. The quantitative estimate of drug-likeness (QED) is 0.579. The first-order chi connectivity index (χ1) is 12.0. The Morgan fingerprint density at radius 2 is 1.64 bits per heavy atom. The van der Waals surface area contributed by atoms with Crippen molar-refractivity contribution in [3.8, 4) is 0 Å². The molecule has 4 aliphatic carbocycles. The van der Waals surface area contributed by atoms with Gasteiger partial charge >= 0.3 is 5.97 Å². The molecular weight excluding hydrogens is 308 g/mol. The molecule has 5 rings (SSSR count). The van der Waals surface area contributed by atoms with Gasteiger partial charge in [-0.25, -0.2) is 0 Å². The van der Waals surface area contributed by atoms with Crippen LogP contribution in [0, 0.1) is 46.3 Å². The maximum absolute atomic E-state index is 11.7. The highest BCUT2D eigenvalue weighted by molar-refractivity contribution is 5.71. The molecule has 1 aliphatic heterocycles. The van der Waals surface area contributed by atoms with Crippen molar-refractivity contribution in [3.63, 3.8) is 0 Å². The topological polar surface area (TPSA) is 26.3 Å². The number of carbonyl (C=O) groups excluding carboxylic acids is 1. The van der Waals surface area contributed by atoms with Crippen LogP contribution in [0.1, 0.15) is 84.5 Å². The number of hydrogen-bond acceptors (Lipinski definition) is 2. The lowest BCUT2D eigenvalue weighted by Crippen LogP contribution is -2.53. The second-order valence-corrected chi connectivity index (χ2v) is 10.8. The molecule has 8 atom stereocenters. The van der Waals surface area contributed by atoms with Gasteiger partial charge in [0, 0.05) is 5.92 Å². The van der Waals surface area contributed by atoms with Crippen LogP contribution in [0.3, 0.4) is 0 Å². The minimum absolute atomic E-state index is 0.0564. The Morgan fingerprint density at radius 1 is 0.840 bits per heavy atom. The third kappa shape index (κ3) is 2.31. The van der Waals surface area contributed by atoms with Crippen LogP contribution >= 0.6 is 0 Å². The van der Waals surface area contributed by atoms with Gasteiger partial charge in [0.25, 0.3) is 0 Å². The van der Waals surface area contributed by atoms with Gasteiger partial charge in [-0.2, -0.15) is 0 Å². The van der Waals surface area contributed by atoms with E-state index in [0.717, 1.165) is 29.6 Å². The zero-order valence-electron chi connectivity index (χ0n) is 16.3. The number of ether oxygens (including phenoxy) is 1. The van der Waals surface area contributed by atoms with Crippen molar-refractivity contribution in [3.05, 3.63) is 0 Å². The fraction of sp³-hybridized carbons (Fsp3) is 0.957. The Bertz CT molecular complexity index is 556. The average molecular weight is 345 g/mol. The van der Waals surface area contributed by atoms with E-state index in [4.69, 9.17) is 4.74 Å². The van der Waals surface area contributed by atoms with Crippen molar-refractivity contribution in [1.82, 2.24) is 0 Å². The minimum atomic E-state index is 0.0564. The van der Waals surface area contributed by atoms with E-state index < -0.39 is 0 Å². The van der Waals surface area contributed by atoms with Crippen LogP contribution in [0.2, 0.25) is 0 Å². The van der Waals surface area contributed by atoms with E-state index in [1.165, 1.54) is 64.2 Å². The van der Waals surface area contributed by atoms with Crippen molar-refractivity contribution in [2.24, 2.45) is 46.3 Å². The summed E-state index contributed by atoms with van der Waals surface area (Å²) in [5.74, 6) is 5.21. The summed E-state index contributed by atoms with van der Waals surface area (Å²) in [6.07, 6.45) is 15.3. The summed E-state index contributed by atoms with van der Waals surface area (Å²) in [6.45, 7) is 5.98. The number of fused-ring (bicyclic) bond motifs is 5. The Hall–Kier alpha value is -0.530. The Balaban J connectivity index is 1.40. The van der Waals surface area contributed by atoms with Crippen LogP contribution in [0.15, 0.2) is 0 Å². The Kier molecular flexibility index (Phi) is 3.81. The summed E-state index contributed by atoms with van der Waals surface area (Å²) in [5.41, 5.74) is 1.13. The van der Waals surface area contributed by atoms with E-state index in [0.29, 0.717) is 29.8 Å². The van der Waals surface area contributed by atoms with E-state index in [9.17, 15) is 4.79 Å². The van der Waals surface area contributed by atoms with Crippen LogP contribution < -0.4 is 0 Å². The van der Waals surface area contributed by atoms with Crippen LogP contribution in [-0.4, -0.2) is 12.6 Å². The molecule has 2 nitrogen and oxygen atoms in total. The van der Waals surface area contributed by atoms with E-state index in [1.54, 1.807) is 0 Å². The van der Waals surface area contributed by atoms with Crippen molar-refractivity contribution in [1.29, 1.82) is 0 Å². The van der Waals surface area contributed by atoms with Gasteiger partial charge in [0.1, 0.15) is 0 Å². The van der Waals surface area contributed by atoms with Crippen LogP contribution in [-0.2, 0) is 9.53 Å². The lowest BCUT2D eigenvalue weighted by molar-refractivity contribution is -0.137. The zero-order chi connectivity index (χ0) is 17.2. The third-order valence-electron chi connectivity index (χ3n) is 10.1. The number of hydrogen-bond donors (Lipinski definition) is 0. The zero-order valence-corrected chi connectivity index (χ0v) is 16.3.